The molecule has 2 rings (SSSR count). The van der Waals surface area contributed by atoms with Crippen molar-refractivity contribution in [1.29, 1.82) is 0 Å². The van der Waals surface area contributed by atoms with Gasteiger partial charge in [-0.3, -0.25) is 9.78 Å². The average molecular weight is 315 g/mol. The number of carbonyl (C=O) groups excluding carboxylic acids is 1. The lowest BCUT2D eigenvalue weighted by Gasteiger charge is -2.09. The fraction of sp³-hybridized carbons (Fsp3) is 0.333. The van der Waals surface area contributed by atoms with E-state index in [-0.39, 0.29) is 11.7 Å². The zero-order valence-corrected chi connectivity index (χ0v) is 13.5. The molecule has 5 heteroatoms. The second kappa shape index (κ2) is 8.27. The van der Waals surface area contributed by atoms with Crippen molar-refractivity contribution in [1.82, 2.24) is 10.3 Å². The van der Waals surface area contributed by atoms with E-state index in [1.807, 2.05) is 0 Å². The molecular formula is C18H22FN3O. The van der Waals surface area contributed by atoms with Crippen molar-refractivity contribution in [2.45, 2.75) is 26.8 Å². The summed E-state index contributed by atoms with van der Waals surface area (Å²) in [4.78, 5) is 16.1. The number of halogens is 1. The minimum Gasteiger partial charge on any atom is -0.381 e. The van der Waals surface area contributed by atoms with Gasteiger partial charge in [0, 0.05) is 25.0 Å². The van der Waals surface area contributed by atoms with Crippen LogP contribution < -0.4 is 10.6 Å². The van der Waals surface area contributed by atoms with Crippen LogP contribution in [0, 0.1) is 11.7 Å². The van der Waals surface area contributed by atoms with E-state index in [2.05, 4.69) is 29.5 Å². The van der Waals surface area contributed by atoms with E-state index in [9.17, 15) is 9.18 Å². The van der Waals surface area contributed by atoms with Crippen molar-refractivity contribution in [3.63, 3.8) is 0 Å². The van der Waals surface area contributed by atoms with Gasteiger partial charge in [0.25, 0.3) is 5.91 Å². The van der Waals surface area contributed by atoms with E-state index in [4.69, 9.17) is 0 Å². The van der Waals surface area contributed by atoms with Crippen LogP contribution in [0.2, 0.25) is 0 Å². The summed E-state index contributed by atoms with van der Waals surface area (Å²) in [5, 5.41) is 6.07. The van der Waals surface area contributed by atoms with Crippen LogP contribution in [0.25, 0.3) is 0 Å². The Kier molecular flexibility index (Phi) is 6.09. The third-order valence-corrected chi connectivity index (χ3v) is 3.41. The average Bonchev–Trinajstić information content (AvgIpc) is 2.54. The maximum atomic E-state index is 12.9. The van der Waals surface area contributed by atoms with Crippen molar-refractivity contribution in [3.05, 3.63) is 59.7 Å². The Morgan fingerprint density at radius 3 is 2.65 bits per heavy atom. The van der Waals surface area contributed by atoms with Crippen LogP contribution in [0.3, 0.4) is 0 Å². The number of benzene rings is 1. The molecule has 4 nitrogen and oxygen atoms in total. The van der Waals surface area contributed by atoms with Crippen LogP contribution >= 0.6 is 0 Å². The molecule has 2 N–H and O–H groups in total. The number of hydrogen-bond acceptors (Lipinski definition) is 3. The first-order valence-corrected chi connectivity index (χ1v) is 7.77. The van der Waals surface area contributed by atoms with Crippen LogP contribution in [-0.4, -0.2) is 17.4 Å². The zero-order chi connectivity index (χ0) is 16.7. The lowest BCUT2D eigenvalue weighted by Crippen LogP contribution is -2.26. The maximum Gasteiger partial charge on any atom is 0.269 e. The van der Waals surface area contributed by atoms with Gasteiger partial charge in [0.1, 0.15) is 11.5 Å². The van der Waals surface area contributed by atoms with E-state index in [1.165, 1.54) is 12.1 Å². The molecule has 1 amide bonds. The Bertz CT molecular complexity index is 641. The highest BCUT2D eigenvalue weighted by atomic mass is 19.1. The number of anilines is 1. The van der Waals surface area contributed by atoms with Crippen molar-refractivity contribution in [2.75, 3.05) is 11.9 Å². The number of aromatic nitrogens is 1. The minimum absolute atomic E-state index is 0.170. The molecule has 1 aromatic heterocycles. The van der Waals surface area contributed by atoms with Crippen molar-refractivity contribution >= 4 is 11.6 Å². The predicted octanol–water partition coefficient (Wildman–Crippen LogP) is 3.61. The number of carbonyl (C=O) groups is 1. The molecule has 0 fully saturated rings. The standard InChI is InChI=1S/C18H22FN3O/c1-13(2)7-9-21-18(23)17-11-16(8-10-20-17)22-12-14-3-5-15(19)6-4-14/h3-6,8,10-11,13H,7,9,12H2,1-2H3,(H,20,22)(H,21,23). The van der Waals surface area contributed by atoms with Gasteiger partial charge >= 0.3 is 0 Å². The number of rotatable bonds is 7. The third kappa shape index (κ3) is 5.70. The van der Waals surface area contributed by atoms with Gasteiger partial charge < -0.3 is 10.6 Å². The molecular weight excluding hydrogens is 293 g/mol. The summed E-state index contributed by atoms with van der Waals surface area (Å²) in [7, 11) is 0. The lowest BCUT2D eigenvalue weighted by atomic mass is 10.1. The van der Waals surface area contributed by atoms with Crippen LogP contribution in [0.15, 0.2) is 42.6 Å². The van der Waals surface area contributed by atoms with E-state index in [1.54, 1.807) is 30.5 Å². The van der Waals surface area contributed by atoms with E-state index < -0.39 is 0 Å². The largest absolute Gasteiger partial charge is 0.381 e. The van der Waals surface area contributed by atoms with E-state index >= 15 is 0 Å². The van der Waals surface area contributed by atoms with E-state index in [0.717, 1.165) is 17.7 Å². The Hall–Kier alpha value is -2.43. The van der Waals surface area contributed by atoms with Gasteiger partial charge in [0.15, 0.2) is 0 Å². The fourth-order valence-corrected chi connectivity index (χ4v) is 2.04. The highest BCUT2D eigenvalue weighted by Gasteiger charge is 2.07. The van der Waals surface area contributed by atoms with E-state index in [0.29, 0.717) is 24.7 Å². The van der Waals surface area contributed by atoms with Gasteiger partial charge in [-0.15, -0.1) is 0 Å². The van der Waals surface area contributed by atoms with Crippen LogP contribution in [0.1, 0.15) is 36.3 Å². The summed E-state index contributed by atoms with van der Waals surface area (Å²) in [6, 6.07) is 9.82. The Labute approximate surface area is 136 Å². The molecule has 0 saturated heterocycles. The summed E-state index contributed by atoms with van der Waals surface area (Å²) in [6.07, 6.45) is 2.54. The summed E-state index contributed by atoms with van der Waals surface area (Å²) < 4.78 is 12.9. The topological polar surface area (TPSA) is 54.0 Å². The first-order chi connectivity index (χ1) is 11.0. The second-order valence-corrected chi connectivity index (χ2v) is 5.85. The number of amides is 1. The van der Waals surface area contributed by atoms with Gasteiger partial charge in [-0.2, -0.15) is 0 Å². The van der Waals surface area contributed by atoms with Crippen molar-refractivity contribution in [3.8, 4) is 0 Å². The molecule has 1 aromatic carbocycles. The fourth-order valence-electron chi connectivity index (χ4n) is 2.04. The summed E-state index contributed by atoms with van der Waals surface area (Å²) in [5.41, 5.74) is 2.15. The van der Waals surface area contributed by atoms with Gasteiger partial charge in [-0.05, 0) is 42.2 Å². The molecule has 0 atom stereocenters. The van der Waals surface area contributed by atoms with Gasteiger partial charge in [0.05, 0.1) is 0 Å². The van der Waals surface area contributed by atoms with Crippen LogP contribution in [0.4, 0.5) is 10.1 Å². The normalized spacial score (nSPS) is 10.6. The maximum absolute atomic E-state index is 12.9. The molecule has 0 bridgehead atoms. The zero-order valence-electron chi connectivity index (χ0n) is 13.5. The number of pyridine rings is 1. The summed E-state index contributed by atoms with van der Waals surface area (Å²) in [5.74, 6) is 0.126. The Morgan fingerprint density at radius 2 is 1.96 bits per heavy atom. The van der Waals surface area contributed by atoms with Gasteiger partial charge in [-0.25, -0.2) is 4.39 Å². The molecule has 0 aliphatic rings. The molecule has 0 spiro atoms. The first-order valence-electron chi connectivity index (χ1n) is 7.77. The van der Waals surface area contributed by atoms with Crippen molar-refractivity contribution in [2.24, 2.45) is 5.92 Å². The monoisotopic (exact) mass is 315 g/mol. The molecule has 0 saturated carbocycles. The van der Waals surface area contributed by atoms with Gasteiger partial charge in [-0.1, -0.05) is 26.0 Å². The smallest absolute Gasteiger partial charge is 0.269 e. The molecule has 0 aliphatic heterocycles. The molecule has 0 unspecified atom stereocenters. The molecule has 23 heavy (non-hydrogen) atoms. The molecule has 0 radical (unpaired) electrons. The molecule has 0 aliphatic carbocycles. The lowest BCUT2D eigenvalue weighted by molar-refractivity contribution is 0.0947. The third-order valence-electron chi connectivity index (χ3n) is 3.41. The van der Waals surface area contributed by atoms with Crippen molar-refractivity contribution < 1.29 is 9.18 Å². The highest BCUT2D eigenvalue weighted by molar-refractivity contribution is 5.93. The predicted molar refractivity (Wildman–Crippen MR) is 89.8 cm³/mol. The minimum atomic E-state index is -0.252. The van der Waals surface area contributed by atoms with Crippen LogP contribution in [-0.2, 0) is 6.54 Å². The number of nitrogens with one attached hydrogen (secondary N) is 2. The SMILES string of the molecule is CC(C)CCNC(=O)c1cc(NCc2ccc(F)cc2)ccn1. The Balaban J connectivity index is 1.91. The first kappa shape index (κ1) is 16.9. The highest BCUT2D eigenvalue weighted by Crippen LogP contribution is 2.11. The molecule has 2 aromatic rings. The van der Waals surface area contributed by atoms with Gasteiger partial charge in [0.2, 0.25) is 0 Å². The molecule has 122 valence electrons. The quantitative estimate of drug-likeness (QED) is 0.820. The summed E-state index contributed by atoms with van der Waals surface area (Å²) >= 11 is 0. The second-order valence-electron chi connectivity index (χ2n) is 5.85. The molecule has 1 heterocycles. The van der Waals surface area contributed by atoms with Crippen LogP contribution in [0.5, 0.6) is 0 Å². The Morgan fingerprint density at radius 1 is 1.22 bits per heavy atom. The number of nitrogens with zero attached hydrogens (tertiary/aromatic N) is 1. The summed E-state index contributed by atoms with van der Waals surface area (Å²) in [6.45, 7) is 5.43. The number of hydrogen-bond donors (Lipinski definition) is 2.